The van der Waals surface area contributed by atoms with Gasteiger partial charge in [-0.15, -0.1) is 0 Å². The van der Waals surface area contributed by atoms with Crippen LogP contribution in [-0.2, 0) is 13.6 Å². The lowest BCUT2D eigenvalue weighted by molar-refractivity contribution is 0.0196. The first kappa shape index (κ1) is 17.7. The fourth-order valence-electron chi connectivity index (χ4n) is 4.36. The van der Waals surface area contributed by atoms with Gasteiger partial charge in [-0.05, 0) is 50.3 Å². The fraction of sp³-hybridized carbons (Fsp3) is 0.571. The van der Waals surface area contributed by atoms with E-state index in [9.17, 15) is 5.11 Å². The summed E-state index contributed by atoms with van der Waals surface area (Å²) in [6.07, 6.45) is 8.14. The second kappa shape index (κ2) is 7.91. The number of nitrogens with one attached hydrogen (secondary N) is 1. The van der Waals surface area contributed by atoms with Crippen molar-refractivity contribution in [2.24, 2.45) is 13.0 Å². The maximum absolute atomic E-state index is 9.74. The minimum absolute atomic E-state index is 0.117. The summed E-state index contributed by atoms with van der Waals surface area (Å²) < 4.78 is 1.88. The molecule has 1 atom stereocenters. The number of hydrogen-bond acceptors (Lipinski definition) is 4. The van der Waals surface area contributed by atoms with Crippen molar-refractivity contribution in [3.63, 3.8) is 0 Å². The first-order valence-corrected chi connectivity index (χ1v) is 9.86. The highest BCUT2D eigenvalue weighted by Crippen LogP contribution is 2.38. The Bertz CT molecular complexity index is 687. The molecular formula is C21H30N4O. The Hall–Kier alpha value is -1.69. The monoisotopic (exact) mass is 354 g/mol. The van der Waals surface area contributed by atoms with Gasteiger partial charge in [-0.3, -0.25) is 9.58 Å². The van der Waals surface area contributed by atoms with E-state index in [4.69, 9.17) is 0 Å². The zero-order chi connectivity index (χ0) is 17.9. The Balaban J connectivity index is 1.33. The van der Waals surface area contributed by atoms with Gasteiger partial charge in [0, 0.05) is 37.4 Å². The zero-order valence-electron chi connectivity index (χ0n) is 15.6. The molecule has 26 heavy (non-hydrogen) atoms. The van der Waals surface area contributed by atoms with E-state index >= 15 is 0 Å². The normalized spacial score (nSPS) is 25.8. The molecule has 2 fully saturated rings. The maximum atomic E-state index is 9.74. The van der Waals surface area contributed by atoms with Crippen molar-refractivity contribution in [1.82, 2.24) is 20.0 Å². The molecule has 1 aromatic heterocycles. The number of nitrogens with zero attached hydrogens (tertiary/aromatic N) is 3. The molecule has 1 saturated carbocycles. The van der Waals surface area contributed by atoms with Crippen LogP contribution in [0.2, 0.25) is 0 Å². The summed E-state index contributed by atoms with van der Waals surface area (Å²) in [5.74, 6) is 0.525. The highest BCUT2D eigenvalue weighted by molar-refractivity contribution is 5.15. The smallest absolute Gasteiger partial charge is 0.0547 e. The molecule has 1 aromatic carbocycles. The van der Waals surface area contributed by atoms with Crippen LogP contribution < -0.4 is 5.32 Å². The van der Waals surface area contributed by atoms with E-state index in [-0.39, 0.29) is 6.10 Å². The third kappa shape index (κ3) is 4.17. The van der Waals surface area contributed by atoms with Crippen molar-refractivity contribution in [3.05, 3.63) is 53.9 Å². The molecule has 2 N–H and O–H groups in total. The molecule has 1 aliphatic carbocycles. The van der Waals surface area contributed by atoms with Crippen molar-refractivity contribution in [2.45, 2.75) is 50.4 Å². The Morgan fingerprint density at radius 1 is 1.19 bits per heavy atom. The largest absolute Gasteiger partial charge is 0.393 e. The Morgan fingerprint density at radius 2 is 1.92 bits per heavy atom. The lowest BCUT2D eigenvalue weighted by atomic mass is 9.75. The molecular weight excluding hydrogens is 324 g/mol. The molecule has 0 radical (unpaired) electrons. The van der Waals surface area contributed by atoms with E-state index in [1.807, 2.05) is 17.9 Å². The van der Waals surface area contributed by atoms with Crippen LogP contribution >= 0.6 is 0 Å². The van der Waals surface area contributed by atoms with Gasteiger partial charge in [-0.1, -0.05) is 30.3 Å². The summed E-state index contributed by atoms with van der Waals surface area (Å²) in [6, 6.07) is 11.6. The first-order valence-electron chi connectivity index (χ1n) is 9.86. The summed E-state index contributed by atoms with van der Waals surface area (Å²) in [5.41, 5.74) is 2.66. The zero-order valence-corrected chi connectivity index (χ0v) is 15.6. The molecule has 5 nitrogen and oxygen atoms in total. The van der Waals surface area contributed by atoms with Crippen LogP contribution in [0.3, 0.4) is 0 Å². The van der Waals surface area contributed by atoms with Crippen LogP contribution in [0, 0.1) is 5.92 Å². The van der Waals surface area contributed by atoms with Crippen molar-refractivity contribution >= 4 is 0 Å². The number of likely N-dealkylation sites (tertiary alicyclic amines) is 1. The molecule has 4 rings (SSSR count). The molecule has 2 heterocycles. The van der Waals surface area contributed by atoms with Crippen LogP contribution in [0.1, 0.15) is 42.9 Å². The number of rotatable bonds is 6. The molecule has 1 aliphatic heterocycles. The van der Waals surface area contributed by atoms with Gasteiger partial charge in [0.15, 0.2) is 0 Å². The number of hydrogen-bond donors (Lipinski definition) is 2. The highest BCUT2D eigenvalue weighted by atomic mass is 16.3. The molecule has 0 spiro atoms. The number of piperidine rings is 1. The summed E-state index contributed by atoms with van der Waals surface area (Å²) in [4.78, 5) is 2.56. The summed E-state index contributed by atoms with van der Waals surface area (Å²) in [5, 5.41) is 18.0. The van der Waals surface area contributed by atoms with E-state index in [2.05, 4.69) is 51.8 Å². The van der Waals surface area contributed by atoms with Crippen LogP contribution in [0.5, 0.6) is 0 Å². The standard InChI is InChI=1S/C21H30N4O/c1-24-15-18(13-22-24)21(17-11-20(26)12-17)23-19-7-9-25(10-8-19)14-16-5-3-2-4-6-16/h2-6,13,15,17,19-21,23,26H,7-12,14H2,1H3/t17?,20?,21-/m0/s1. The average molecular weight is 354 g/mol. The van der Waals surface area contributed by atoms with Gasteiger partial charge in [0.2, 0.25) is 0 Å². The SMILES string of the molecule is Cn1cc([C@@H](NC2CCN(Cc3ccccc3)CC2)C2CC(O)C2)cn1. The Labute approximate surface area is 156 Å². The van der Waals surface area contributed by atoms with Gasteiger partial charge in [0.05, 0.1) is 12.3 Å². The van der Waals surface area contributed by atoms with Crippen LogP contribution in [0.15, 0.2) is 42.7 Å². The lowest BCUT2D eigenvalue weighted by Gasteiger charge is -2.41. The Kier molecular flexibility index (Phi) is 5.38. The predicted molar refractivity (Wildman–Crippen MR) is 103 cm³/mol. The molecule has 140 valence electrons. The summed E-state index contributed by atoms with van der Waals surface area (Å²) in [6.45, 7) is 3.33. The molecule has 0 amide bonds. The first-order chi connectivity index (χ1) is 12.7. The van der Waals surface area contributed by atoms with Gasteiger partial charge in [-0.2, -0.15) is 5.10 Å². The second-order valence-corrected chi connectivity index (χ2v) is 8.01. The van der Waals surface area contributed by atoms with E-state index in [0.29, 0.717) is 18.0 Å². The number of benzene rings is 1. The van der Waals surface area contributed by atoms with Crippen LogP contribution in [0.4, 0.5) is 0 Å². The second-order valence-electron chi connectivity index (χ2n) is 8.01. The van der Waals surface area contributed by atoms with E-state index in [1.165, 1.54) is 24.0 Å². The Morgan fingerprint density at radius 3 is 2.54 bits per heavy atom. The van der Waals surface area contributed by atoms with Gasteiger partial charge in [0.1, 0.15) is 0 Å². The van der Waals surface area contributed by atoms with Crippen LogP contribution in [-0.4, -0.2) is 45.0 Å². The lowest BCUT2D eigenvalue weighted by Crippen LogP contribution is -2.47. The number of aryl methyl sites for hydroxylation is 1. The van der Waals surface area contributed by atoms with E-state index in [1.54, 1.807) is 0 Å². The summed E-state index contributed by atoms with van der Waals surface area (Å²) >= 11 is 0. The number of aliphatic hydroxyl groups is 1. The molecule has 0 unspecified atom stereocenters. The third-order valence-electron chi connectivity index (χ3n) is 5.96. The maximum Gasteiger partial charge on any atom is 0.0547 e. The predicted octanol–water partition coefficient (Wildman–Crippen LogP) is 2.49. The molecule has 5 heteroatoms. The third-order valence-corrected chi connectivity index (χ3v) is 5.96. The van der Waals surface area contributed by atoms with Crippen LogP contribution in [0.25, 0.3) is 0 Å². The van der Waals surface area contributed by atoms with Crippen molar-refractivity contribution in [1.29, 1.82) is 0 Å². The quantitative estimate of drug-likeness (QED) is 0.837. The van der Waals surface area contributed by atoms with Gasteiger partial charge >= 0.3 is 0 Å². The average Bonchev–Trinajstić information content (AvgIpc) is 3.06. The van der Waals surface area contributed by atoms with Crippen molar-refractivity contribution in [2.75, 3.05) is 13.1 Å². The molecule has 2 aromatic rings. The van der Waals surface area contributed by atoms with Gasteiger partial charge in [0.25, 0.3) is 0 Å². The van der Waals surface area contributed by atoms with E-state index in [0.717, 1.165) is 32.5 Å². The minimum Gasteiger partial charge on any atom is -0.393 e. The molecule has 2 aliphatic rings. The number of aromatic nitrogens is 2. The number of aliphatic hydroxyl groups excluding tert-OH is 1. The molecule has 0 bridgehead atoms. The van der Waals surface area contributed by atoms with E-state index < -0.39 is 0 Å². The topological polar surface area (TPSA) is 53.3 Å². The van der Waals surface area contributed by atoms with Crippen molar-refractivity contribution < 1.29 is 5.11 Å². The van der Waals surface area contributed by atoms with Gasteiger partial charge in [-0.25, -0.2) is 0 Å². The summed E-state index contributed by atoms with van der Waals surface area (Å²) in [7, 11) is 1.97. The van der Waals surface area contributed by atoms with Crippen molar-refractivity contribution in [3.8, 4) is 0 Å². The fourth-order valence-corrected chi connectivity index (χ4v) is 4.36. The highest BCUT2D eigenvalue weighted by Gasteiger charge is 2.36. The molecule has 1 saturated heterocycles. The minimum atomic E-state index is -0.117. The van der Waals surface area contributed by atoms with Gasteiger partial charge < -0.3 is 10.4 Å².